The predicted octanol–water partition coefficient (Wildman–Crippen LogP) is 3.60. The molecule has 0 radical (unpaired) electrons. The molecule has 6 rings (SSSR count). The molecule has 6 atom stereocenters. The van der Waals surface area contributed by atoms with Crippen LogP contribution in [0.5, 0.6) is 0 Å². The van der Waals surface area contributed by atoms with Gasteiger partial charge in [0, 0.05) is 32.2 Å². The van der Waals surface area contributed by atoms with E-state index in [2.05, 4.69) is 5.32 Å². The van der Waals surface area contributed by atoms with Crippen LogP contribution in [0.25, 0.3) is 0 Å². The van der Waals surface area contributed by atoms with Gasteiger partial charge in [-0.25, -0.2) is 0 Å². The van der Waals surface area contributed by atoms with Gasteiger partial charge in [0.15, 0.2) is 0 Å². The number of benzene rings is 1. The van der Waals surface area contributed by atoms with Gasteiger partial charge in [-0.05, 0) is 37.7 Å². The second kappa shape index (κ2) is 14.5. The lowest BCUT2D eigenvalue weighted by Crippen LogP contribution is -2.58. The van der Waals surface area contributed by atoms with Crippen LogP contribution in [0.15, 0.2) is 54.6 Å². The quantitative estimate of drug-likeness (QED) is 0.255. The molecule has 2 N–H and O–H groups in total. The highest BCUT2D eigenvalue weighted by atomic mass is 16.5. The molecule has 0 aromatic heterocycles. The second-order valence-corrected chi connectivity index (χ2v) is 13.3. The van der Waals surface area contributed by atoms with Crippen LogP contribution in [0.1, 0.15) is 82.2 Å². The van der Waals surface area contributed by atoms with E-state index < -0.39 is 35.6 Å². The Morgan fingerprint density at radius 2 is 1.72 bits per heavy atom. The van der Waals surface area contributed by atoms with Crippen LogP contribution in [0, 0.1) is 11.8 Å². The number of nitrogens with one attached hydrogen (secondary N) is 1. The maximum Gasteiger partial charge on any atom is 0.306 e. The molecule has 5 aliphatic rings. The van der Waals surface area contributed by atoms with Crippen LogP contribution < -0.4 is 5.32 Å². The van der Waals surface area contributed by atoms with Crippen molar-refractivity contribution in [2.75, 3.05) is 26.3 Å². The molecule has 1 aliphatic carbocycles. The summed E-state index contributed by atoms with van der Waals surface area (Å²) in [6, 6.07) is 7.91. The minimum absolute atomic E-state index is 0.0350. The molecule has 4 heterocycles. The molecule has 0 unspecified atom stereocenters. The average Bonchev–Trinajstić information content (AvgIpc) is 3.72. The third-order valence-electron chi connectivity index (χ3n) is 10.4. The smallest absolute Gasteiger partial charge is 0.306 e. The highest BCUT2D eigenvalue weighted by Gasteiger charge is 2.73. The number of amides is 3. The summed E-state index contributed by atoms with van der Waals surface area (Å²) in [6.07, 6.45) is 15.7. The number of rotatable bonds is 8. The van der Waals surface area contributed by atoms with E-state index >= 15 is 0 Å². The fourth-order valence-electron chi connectivity index (χ4n) is 8.13. The summed E-state index contributed by atoms with van der Waals surface area (Å²) in [6.45, 7) is 0.846. The topological polar surface area (TPSA) is 125 Å². The number of esters is 1. The molecule has 46 heavy (non-hydrogen) atoms. The Bertz CT molecular complexity index is 1330. The van der Waals surface area contributed by atoms with Gasteiger partial charge in [0.05, 0.1) is 24.0 Å². The molecule has 4 aliphatic heterocycles. The summed E-state index contributed by atoms with van der Waals surface area (Å²) in [5.41, 5.74) is -0.445. The van der Waals surface area contributed by atoms with Gasteiger partial charge in [-0.15, -0.1) is 0 Å². The molecule has 10 heteroatoms. The first-order valence-electron chi connectivity index (χ1n) is 17.2. The number of carbonyl (C=O) groups excluding carboxylic acids is 4. The molecule has 3 amide bonds. The van der Waals surface area contributed by atoms with E-state index in [4.69, 9.17) is 9.47 Å². The summed E-state index contributed by atoms with van der Waals surface area (Å²) in [7, 11) is 0. The van der Waals surface area contributed by atoms with E-state index in [0.717, 1.165) is 50.5 Å². The van der Waals surface area contributed by atoms with E-state index in [1.165, 1.54) is 0 Å². The van der Waals surface area contributed by atoms with E-state index in [0.29, 0.717) is 32.4 Å². The zero-order valence-corrected chi connectivity index (χ0v) is 26.6. The number of allylic oxidation sites excluding steroid dienone is 1. The van der Waals surface area contributed by atoms with E-state index in [1.54, 1.807) is 4.90 Å². The number of unbranched alkanes of at least 4 members (excludes halogenated alkanes) is 3. The summed E-state index contributed by atoms with van der Waals surface area (Å²) in [5.74, 6) is -2.75. The Labute approximate surface area is 271 Å². The van der Waals surface area contributed by atoms with Crippen molar-refractivity contribution in [1.29, 1.82) is 0 Å². The predicted molar refractivity (Wildman–Crippen MR) is 170 cm³/mol. The minimum atomic E-state index is -1.23. The molecule has 2 saturated heterocycles. The lowest BCUT2D eigenvalue weighted by Gasteiger charge is -2.40. The minimum Gasteiger partial charge on any atom is -0.463 e. The maximum absolute atomic E-state index is 14.9. The number of cyclic esters (lactones) is 1. The lowest BCUT2D eigenvalue weighted by molar-refractivity contribution is -0.149. The molecule has 10 nitrogen and oxygen atoms in total. The van der Waals surface area contributed by atoms with Crippen LogP contribution >= 0.6 is 0 Å². The van der Waals surface area contributed by atoms with Gasteiger partial charge < -0.3 is 29.7 Å². The van der Waals surface area contributed by atoms with Crippen molar-refractivity contribution in [3.05, 3.63) is 60.2 Å². The zero-order chi connectivity index (χ0) is 32.1. The summed E-state index contributed by atoms with van der Waals surface area (Å²) in [4.78, 5) is 59.8. The SMILES string of the molecule is O=C1CC/C=C\CN(C2CCCCC2)C(=O)[C@H]2N(CCCCCCO)C(=O)[C@@H]3[C@@H](C(=O)N[C@@H](c4ccccc4)CO1)[C@H]1C=C[C@]32O1. The molecule has 248 valence electrons. The largest absolute Gasteiger partial charge is 0.463 e. The number of nitrogens with zero attached hydrogens (tertiary/aromatic N) is 2. The van der Waals surface area contributed by atoms with Gasteiger partial charge in [0.25, 0.3) is 0 Å². The standard InChI is InChI=1S/C36H47N3O7/c40-23-13-2-1-11-22-39-32-35(44)38(26-16-8-4-9-17-26)21-12-5-10-18-29(41)45-24-27(25-14-6-3-7-15-25)37-33(42)30-28-19-20-36(32,46-28)31(30)34(39)43/h3,5-7,12,14-15,19-20,26-28,30-32,40H,1-2,4,8-11,13,16-18,21-24H2,(H,37,42)/b12-5-/t27-,28-,30+,31+,32-,36+/m1/s1. The number of aliphatic hydroxyl groups excluding tert-OH is 1. The van der Waals surface area contributed by atoms with Crippen LogP contribution in [-0.2, 0) is 28.7 Å². The number of hydrogen-bond donors (Lipinski definition) is 2. The third-order valence-corrected chi connectivity index (χ3v) is 10.4. The Kier molecular flexibility index (Phi) is 10.2. The van der Waals surface area contributed by atoms with E-state index in [9.17, 15) is 24.3 Å². The van der Waals surface area contributed by atoms with Crippen molar-refractivity contribution in [1.82, 2.24) is 15.1 Å². The third kappa shape index (κ3) is 6.38. The van der Waals surface area contributed by atoms with Crippen molar-refractivity contribution in [3.63, 3.8) is 0 Å². The molecule has 3 fully saturated rings. The van der Waals surface area contributed by atoms with Gasteiger partial charge in [0.1, 0.15) is 18.2 Å². The second-order valence-electron chi connectivity index (χ2n) is 13.3. The number of ether oxygens (including phenoxy) is 2. The Morgan fingerprint density at radius 1 is 0.935 bits per heavy atom. The summed E-state index contributed by atoms with van der Waals surface area (Å²) in [5, 5.41) is 12.3. The van der Waals surface area contributed by atoms with Crippen LogP contribution in [0.4, 0.5) is 0 Å². The van der Waals surface area contributed by atoms with E-state index in [-0.39, 0.29) is 49.4 Å². The van der Waals surface area contributed by atoms with Crippen molar-refractivity contribution in [2.24, 2.45) is 11.8 Å². The number of aliphatic hydroxyl groups is 1. The highest BCUT2D eigenvalue weighted by molar-refractivity contribution is 6.00. The first-order valence-corrected chi connectivity index (χ1v) is 17.2. The first kappa shape index (κ1) is 32.4. The molecular weight excluding hydrogens is 586 g/mol. The molecule has 1 aromatic rings. The molecule has 1 spiro atoms. The van der Waals surface area contributed by atoms with Gasteiger partial charge in [-0.1, -0.05) is 86.7 Å². The molecular formula is C36H47N3O7. The average molecular weight is 634 g/mol. The lowest BCUT2D eigenvalue weighted by atomic mass is 9.74. The first-order chi connectivity index (χ1) is 22.4. The van der Waals surface area contributed by atoms with Crippen LogP contribution in [0.2, 0.25) is 0 Å². The Morgan fingerprint density at radius 3 is 2.50 bits per heavy atom. The highest BCUT2D eigenvalue weighted by Crippen LogP contribution is 2.55. The number of likely N-dealkylation sites (tertiary alicyclic amines) is 1. The molecule has 1 saturated carbocycles. The van der Waals surface area contributed by atoms with Gasteiger partial charge in [-0.2, -0.15) is 0 Å². The van der Waals surface area contributed by atoms with Crippen molar-refractivity contribution in [3.8, 4) is 0 Å². The van der Waals surface area contributed by atoms with Crippen molar-refractivity contribution in [2.45, 2.75) is 100 Å². The fraction of sp³-hybridized carbons (Fsp3) is 0.611. The summed E-state index contributed by atoms with van der Waals surface area (Å²) >= 11 is 0. The molecule has 5 bridgehead atoms. The number of fused-ring (bicyclic) bond motifs is 2. The van der Waals surface area contributed by atoms with Gasteiger partial charge >= 0.3 is 5.97 Å². The Hall–Kier alpha value is -3.50. The zero-order valence-electron chi connectivity index (χ0n) is 26.6. The summed E-state index contributed by atoms with van der Waals surface area (Å²) < 4.78 is 12.3. The number of hydrogen-bond acceptors (Lipinski definition) is 7. The van der Waals surface area contributed by atoms with Crippen LogP contribution in [-0.4, -0.2) is 88.7 Å². The van der Waals surface area contributed by atoms with Crippen LogP contribution in [0.3, 0.4) is 0 Å². The number of carbonyl (C=O) groups is 4. The molecule has 1 aromatic carbocycles. The van der Waals surface area contributed by atoms with Gasteiger partial charge in [0.2, 0.25) is 17.7 Å². The monoisotopic (exact) mass is 633 g/mol. The van der Waals surface area contributed by atoms with Crippen molar-refractivity contribution < 1.29 is 33.8 Å². The Balaban J connectivity index is 1.36. The van der Waals surface area contributed by atoms with Crippen molar-refractivity contribution >= 4 is 23.7 Å². The normalized spacial score (nSPS) is 32.8. The fourth-order valence-corrected chi connectivity index (χ4v) is 8.13. The van der Waals surface area contributed by atoms with Gasteiger partial charge in [-0.3, -0.25) is 19.2 Å². The maximum atomic E-state index is 14.9. The van der Waals surface area contributed by atoms with E-state index in [1.807, 2.05) is 59.5 Å².